The molecule has 1 aromatic rings. The van der Waals surface area contributed by atoms with Crippen molar-refractivity contribution in [3.63, 3.8) is 0 Å². The van der Waals surface area contributed by atoms with Gasteiger partial charge in [0.25, 0.3) is 0 Å². The number of nitrogens with one attached hydrogen (secondary N) is 1. The first-order chi connectivity index (χ1) is 9.65. The lowest BCUT2D eigenvalue weighted by Crippen LogP contribution is -2.32. The van der Waals surface area contributed by atoms with Crippen LogP contribution in [0.1, 0.15) is 51.6 Å². The number of hydrogen-bond acceptors (Lipinski definition) is 2. The average Bonchev–Trinajstić information content (AvgIpc) is 2.46. The summed E-state index contributed by atoms with van der Waals surface area (Å²) in [6.07, 6.45) is 8.17. The van der Waals surface area contributed by atoms with Crippen molar-refractivity contribution in [3.8, 4) is 5.75 Å². The lowest BCUT2D eigenvalue weighted by molar-refractivity contribution is 0.271. The average molecular weight is 273 g/mol. The summed E-state index contributed by atoms with van der Waals surface area (Å²) in [6, 6.07) is 9.52. The first kappa shape index (κ1) is 15.1. The summed E-state index contributed by atoms with van der Waals surface area (Å²) in [6.45, 7) is 7.35. The molecule has 1 aromatic carbocycles. The maximum absolute atomic E-state index is 5.72. The third kappa shape index (κ3) is 4.68. The molecule has 0 amide bonds. The van der Waals surface area contributed by atoms with Crippen LogP contribution >= 0.6 is 0 Å². The fraction of sp³-hybridized carbons (Fsp3) is 0.556. The van der Waals surface area contributed by atoms with Gasteiger partial charge in [-0.3, -0.25) is 0 Å². The van der Waals surface area contributed by atoms with Gasteiger partial charge in [-0.1, -0.05) is 38.1 Å². The minimum atomic E-state index is 0.394. The van der Waals surface area contributed by atoms with Gasteiger partial charge in [0.1, 0.15) is 5.75 Å². The van der Waals surface area contributed by atoms with E-state index >= 15 is 0 Å². The molecule has 2 heteroatoms. The van der Waals surface area contributed by atoms with Crippen LogP contribution in [0.2, 0.25) is 0 Å². The molecule has 0 saturated heterocycles. The monoisotopic (exact) mass is 273 g/mol. The van der Waals surface area contributed by atoms with E-state index in [0.29, 0.717) is 18.0 Å². The largest absolute Gasteiger partial charge is 0.493 e. The molecule has 0 aliphatic heterocycles. The highest BCUT2D eigenvalue weighted by Gasteiger charge is 2.13. The van der Waals surface area contributed by atoms with Gasteiger partial charge in [0.2, 0.25) is 0 Å². The molecule has 0 heterocycles. The van der Waals surface area contributed by atoms with Gasteiger partial charge >= 0.3 is 0 Å². The maximum atomic E-state index is 5.72. The molecule has 0 fully saturated rings. The number of rotatable bonds is 6. The molecular formula is C18H27NO. The van der Waals surface area contributed by atoms with Crippen molar-refractivity contribution in [2.45, 2.75) is 52.1 Å². The number of benzene rings is 1. The van der Waals surface area contributed by atoms with Crippen LogP contribution in [0.15, 0.2) is 36.4 Å². The zero-order valence-corrected chi connectivity index (χ0v) is 12.9. The van der Waals surface area contributed by atoms with Crippen molar-refractivity contribution in [2.24, 2.45) is 5.92 Å². The maximum Gasteiger partial charge on any atom is 0.119 e. The second-order valence-electron chi connectivity index (χ2n) is 6.14. The zero-order valence-electron chi connectivity index (χ0n) is 12.9. The van der Waals surface area contributed by atoms with Crippen molar-refractivity contribution in [1.29, 1.82) is 0 Å². The molecule has 0 saturated carbocycles. The minimum Gasteiger partial charge on any atom is -0.493 e. The van der Waals surface area contributed by atoms with Crippen LogP contribution in [0.3, 0.4) is 0 Å². The predicted octanol–water partition coefficient (Wildman–Crippen LogP) is 4.48. The number of hydrogen-bond donors (Lipinski definition) is 1. The highest BCUT2D eigenvalue weighted by molar-refractivity contribution is 5.29. The first-order valence-electron chi connectivity index (χ1n) is 7.79. The summed E-state index contributed by atoms with van der Waals surface area (Å²) in [7, 11) is 0. The molecule has 1 aliphatic rings. The molecule has 20 heavy (non-hydrogen) atoms. The Morgan fingerprint density at radius 1 is 1.15 bits per heavy atom. The molecule has 2 atom stereocenters. The standard InChI is InChI=1S/C18H27NO/c1-14(2)13-20-18-11-9-16(10-12-18)15(3)19-17-7-5-4-6-8-17/h4-5,9-12,14-15,17,19H,6-8,13H2,1-3H3. The van der Waals surface area contributed by atoms with E-state index in [9.17, 15) is 0 Å². The van der Waals surface area contributed by atoms with Gasteiger partial charge in [-0.25, -0.2) is 0 Å². The lowest BCUT2D eigenvalue weighted by atomic mass is 9.99. The predicted molar refractivity (Wildman–Crippen MR) is 85.1 cm³/mol. The van der Waals surface area contributed by atoms with E-state index in [0.717, 1.165) is 18.8 Å². The summed E-state index contributed by atoms with van der Waals surface area (Å²) >= 11 is 0. The molecule has 0 radical (unpaired) electrons. The fourth-order valence-corrected chi connectivity index (χ4v) is 2.51. The molecule has 0 aromatic heterocycles. The van der Waals surface area contributed by atoms with E-state index in [1.807, 2.05) is 0 Å². The van der Waals surface area contributed by atoms with Crippen LogP contribution in [0.5, 0.6) is 5.75 Å². The van der Waals surface area contributed by atoms with Gasteiger partial charge in [0.15, 0.2) is 0 Å². The van der Waals surface area contributed by atoms with Crippen molar-refractivity contribution in [2.75, 3.05) is 6.61 Å². The molecule has 0 spiro atoms. The summed E-state index contributed by atoms with van der Waals surface area (Å²) < 4.78 is 5.72. The normalized spacial score (nSPS) is 20.1. The zero-order chi connectivity index (χ0) is 14.4. The Hall–Kier alpha value is -1.28. The molecule has 2 unspecified atom stereocenters. The van der Waals surface area contributed by atoms with Crippen LogP contribution < -0.4 is 10.1 Å². The number of allylic oxidation sites excluding steroid dienone is 1. The first-order valence-corrected chi connectivity index (χ1v) is 7.79. The molecule has 1 N–H and O–H groups in total. The van der Waals surface area contributed by atoms with Crippen molar-refractivity contribution in [1.82, 2.24) is 5.32 Å². The van der Waals surface area contributed by atoms with Gasteiger partial charge in [-0.2, -0.15) is 0 Å². The van der Waals surface area contributed by atoms with E-state index < -0.39 is 0 Å². The Morgan fingerprint density at radius 3 is 2.50 bits per heavy atom. The van der Waals surface area contributed by atoms with E-state index in [1.54, 1.807) is 0 Å². The highest BCUT2D eigenvalue weighted by atomic mass is 16.5. The molecule has 2 rings (SSSR count). The van der Waals surface area contributed by atoms with Crippen LogP contribution in [-0.4, -0.2) is 12.6 Å². The highest BCUT2D eigenvalue weighted by Crippen LogP contribution is 2.20. The Balaban J connectivity index is 1.86. The number of ether oxygens (including phenoxy) is 1. The van der Waals surface area contributed by atoms with Gasteiger partial charge in [-0.15, -0.1) is 0 Å². The van der Waals surface area contributed by atoms with Crippen LogP contribution in [0, 0.1) is 5.92 Å². The van der Waals surface area contributed by atoms with E-state index in [2.05, 4.69) is 62.5 Å². The molecule has 0 bridgehead atoms. The van der Waals surface area contributed by atoms with Crippen LogP contribution in [0.25, 0.3) is 0 Å². The van der Waals surface area contributed by atoms with Gasteiger partial charge < -0.3 is 10.1 Å². The van der Waals surface area contributed by atoms with Gasteiger partial charge in [0.05, 0.1) is 6.61 Å². The molecule has 110 valence electrons. The van der Waals surface area contributed by atoms with Gasteiger partial charge in [-0.05, 0) is 49.8 Å². The SMILES string of the molecule is CC(C)COc1ccc(C(C)NC2CC=CCC2)cc1. The third-order valence-electron chi connectivity index (χ3n) is 3.72. The van der Waals surface area contributed by atoms with Crippen molar-refractivity contribution >= 4 is 0 Å². The summed E-state index contributed by atoms with van der Waals surface area (Å²) in [5.74, 6) is 1.53. The summed E-state index contributed by atoms with van der Waals surface area (Å²) in [5.41, 5.74) is 1.33. The fourth-order valence-electron chi connectivity index (χ4n) is 2.51. The Morgan fingerprint density at radius 2 is 1.90 bits per heavy atom. The smallest absolute Gasteiger partial charge is 0.119 e. The lowest BCUT2D eigenvalue weighted by Gasteiger charge is -2.24. The minimum absolute atomic E-state index is 0.394. The van der Waals surface area contributed by atoms with E-state index in [1.165, 1.54) is 18.4 Å². The summed E-state index contributed by atoms with van der Waals surface area (Å²) in [5, 5.41) is 3.71. The Kier molecular flexibility index (Phi) is 5.66. The van der Waals surface area contributed by atoms with Crippen molar-refractivity contribution < 1.29 is 4.74 Å². The van der Waals surface area contributed by atoms with E-state index in [-0.39, 0.29) is 0 Å². The molecule has 2 nitrogen and oxygen atoms in total. The van der Waals surface area contributed by atoms with Crippen LogP contribution in [-0.2, 0) is 0 Å². The second-order valence-corrected chi connectivity index (χ2v) is 6.14. The topological polar surface area (TPSA) is 21.3 Å². The quantitative estimate of drug-likeness (QED) is 0.772. The molecular weight excluding hydrogens is 246 g/mol. The Labute approximate surface area is 123 Å². The Bertz CT molecular complexity index is 422. The second kappa shape index (κ2) is 7.49. The van der Waals surface area contributed by atoms with Crippen LogP contribution in [0.4, 0.5) is 0 Å². The molecule has 1 aliphatic carbocycles. The van der Waals surface area contributed by atoms with E-state index in [4.69, 9.17) is 4.74 Å². The van der Waals surface area contributed by atoms with Gasteiger partial charge in [0, 0.05) is 12.1 Å². The third-order valence-corrected chi connectivity index (χ3v) is 3.72. The van der Waals surface area contributed by atoms with Crippen molar-refractivity contribution in [3.05, 3.63) is 42.0 Å². The summed E-state index contributed by atoms with van der Waals surface area (Å²) in [4.78, 5) is 0.